The number of nitrogens with one attached hydrogen (secondary N) is 2. The van der Waals surface area contributed by atoms with Gasteiger partial charge in [-0.1, -0.05) is 50.3 Å². The van der Waals surface area contributed by atoms with E-state index < -0.39 is 5.54 Å². The molecule has 2 saturated heterocycles. The molecule has 2 fully saturated rings. The third-order valence-electron chi connectivity index (χ3n) is 7.07. The molecule has 0 unspecified atom stereocenters. The Labute approximate surface area is 212 Å². The van der Waals surface area contributed by atoms with Crippen molar-refractivity contribution in [1.29, 1.82) is 0 Å². The minimum atomic E-state index is -0.782. The molecule has 2 aromatic carbocycles. The van der Waals surface area contributed by atoms with Crippen molar-refractivity contribution in [1.82, 2.24) is 15.1 Å². The van der Waals surface area contributed by atoms with Crippen molar-refractivity contribution in [3.8, 4) is 0 Å². The number of carbonyl (C=O) groups is 3. The average molecular weight is 490 g/mol. The van der Waals surface area contributed by atoms with Crippen LogP contribution in [0, 0.1) is 0 Å². The topological polar surface area (TPSA) is 85.0 Å². The number of hydrogen-bond acceptors (Lipinski definition) is 4. The van der Waals surface area contributed by atoms with Crippen LogP contribution in [0.5, 0.6) is 0 Å². The standard InChI is InChI=1S/C28H35N5O3/c1-4-16-29-25(34)19-32-20-33(24-8-6-5-7-9-24)28(26(32)35)14-17-31(18-15-28)27(36)30-23-12-10-22(11-13-23)21(2)3/h4-13,21H,1,14-20H2,2-3H3,(H,29,34)(H,30,36). The van der Waals surface area contributed by atoms with Crippen LogP contribution in [0.3, 0.4) is 0 Å². The van der Waals surface area contributed by atoms with Crippen molar-refractivity contribution in [2.75, 3.05) is 43.1 Å². The number of amides is 4. The van der Waals surface area contributed by atoms with Gasteiger partial charge in [-0.3, -0.25) is 9.59 Å². The first-order valence-corrected chi connectivity index (χ1v) is 12.5. The maximum atomic E-state index is 13.7. The van der Waals surface area contributed by atoms with Crippen LogP contribution in [0.15, 0.2) is 67.3 Å². The Morgan fingerprint density at radius 2 is 1.72 bits per heavy atom. The quantitative estimate of drug-likeness (QED) is 0.580. The van der Waals surface area contributed by atoms with Crippen molar-refractivity contribution in [2.45, 2.75) is 38.1 Å². The molecule has 36 heavy (non-hydrogen) atoms. The molecule has 8 nitrogen and oxygen atoms in total. The molecule has 0 atom stereocenters. The number of urea groups is 1. The van der Waals surface area contributed by atoms with Crippen molar-refractivity contribution in [3.63, 3.8) is 0 Å². The first-order chi connectivity index (χ1) is 17.3. The summed E-state index contributed by atoms with van der Waals surface area (Å²) in [4.78, 5) is 44.5. The highest BCUT2D eigenvalue weighted by Crippen LogP contribution is 2.39. The number of para-hydroxylation sites is 1. The van der Waals surface area contributed by atoms with Crippen LogP contribution < -0.4 is 15.5 Å². The van der Waals surface area contributed by atoms with Crippen molar-refractivity contribution in [2.24, 2.45) is 0 Å². The van der Waals surface area contributed by atoms with E-state index >= 15 is 0 Å². The molecular weight excluding hydrogens is 454 g/mol. The molecule has 0 saturated carbocycles. The summed E-state index contributed by atoms with van der Waals surface area (Å²) in [5, 5.41) is 5.73. The predicted molar refractivity (Wildman–Crippen MR) is 142 cm³/mol. The molecule has 0 radical (unpaired) electrons. The Morgan fingerprint density at radius 1 is 1.06 bits per heavy atom. The van der Waals surface area contributed by atoms with E-state index in [9.17, 15) is 14.4 Å². The van der Waals surface area contributed by atoms with Gasteiger partial charge in [0.1, 0.15) is 12.1 Å². The Hall–Kier alpha value is -3.81. The molecule has 2 aliphatic rings. The number of anilines is 2. The maximum absolute atomic E-state index is 13.7. The largest absolute Gasteiger partial charge is 0.351 e. The zero-order chi connectivity index (χ0) is 25.7. The maximum Gasteiger partial charge on any atom is 0.321 e. The molecule has 0 bridgehead atoms. The van der Waals surface area contributed by atoms with E-state index in [2.05, 4.69) is 36.0 Å². The van der Waals surface area contributed by atoms with Crippen molar-refractivity contribution in [3.05, 3.63) is 72.8 Å². The third kappa shape index (κ3) is 5.22. The fourth-order valence-corrected chi connectivity index (χ4v) is 4.97. The van der Waals surface area contributed by atoms with Crippen LogP contribution in [0.2, 0.25) is 0 Å². The molecule has 190 valence electrons. The molecule has 2 aromatic rings. The second-order valence-electron chi connectivity index (χ2n) is 9.73. The Kier molecular flexibility index (Phi) is 7.62. The van der Waals surface area contributed by atoms with Gasteiger partial charge in [-0.05, 0) is 48.6 Å². The number of likely N-dealkylation sites (tertiary alicyclic amines) is 1. The summed E-state index contributed by atoms with van der Waals surface area (Å²) in [7, 11) is 0. The lowest BCUT2D eigenvalue weighted by atomic mass is 9.85. The van der Waals surface area contributed by atoms with E-state index in [1.165, 1.54) is 5.56 Å². The second kappa shape index (κ2) is 10.8. The van der Waals surface area contributed by atoms with Gasteiger partial charge in [0.15, 0.2) is 0 Å². The van der Waals surface area contributed by atoms with Crippen LogP contribution in [-0.2, 0) is 9.59 Å². The highest BCUT2D eigenvalue weighted by molar-refractivity contribution is 5.97. The summed E-state index contributed by atoms with van der Waals surface area (Å²) in [5.41, 5.74) is 2.12. The summed E-state index contributed by atoms with van der Waals surface area (Å²) < 4.78 is 0. The van der Waals surface area contributed by atoms with Crippen LogP contribution in [0.4, 0.5) is 16.2 Å². The molecule has 2 aliphatic heterocycles. The van der Waals surface area contributed by atoms with Crippen LogP contribution in [0.1, 0.15) is 38.2 Å². The van der Waals surface area contributed by atoms with Gasteiger partial charge in [0, 0.05) is 31.0 Å². The van der Waals surface area contributed by atoms with Gasteiger partial charge in [-0.2, -0.15) is 0 Å². The average Bonchev–Trinajstić information content (AvgIpc) is 3.14. The molecule has 4 rings (SSSR count). The minimum absolute atomic E-state index is 0.00563. The van der Waals surface area contributed by atoms with Gasteiger partial charge in [0.05, 0.1) is 6.67 Å². The van der Waals surface area contributed by atoms with E-state index in [0.29, 0.717) is 45.1 Å². The van der Waals surface area contributed by atoms with Crippen LogP contribution in [0.25, 0.3) is 0 Å². The Bertz CT molecular complexity index is 1090. The summed E-state index contributed by atoms with van der Waals surface area (Å²) in [6, 6.07) is 17.5. The molecule has 4 amide bonds. The van der Waals surface area contributed by atoms with E-state index in [-0.39, 0.29) is 24.4 Å². The first kappa shape index (κ1) is 25.3. The molecule has 1 spiro atoms. The zero-order valence-corrected chi connectivity index (χ0v) is 21.1. The number of piperidine rings is 1. The Balaban J connectivity index is 1.46. The molecule has 0 aromatic heterocycles. The number of hydrogen-bond donors (Lipinski definition) is 2. The lowest BCUT2D eigenvalue weighted by Crippen LogP contribution is -2.58. The van der Waals surface area contributed by atoms with E-state index in [1.807, 2.05) is 54.6 Å². The van der Waals surface area contributed by atoms with Gasteiger partial charge in [-0.25, -0.2) is 4.79 Å². The fraction of sp³-hybridized carbons (Fsp3) is 0.393. The predicted octanol–water partition coefficient (Wildman–Crippen LogP) is 3.79. The molecule has 2 N–H and O–H groups in total. The highest BCUT2D eigenvalue weighted by Gasteiger charge is 2.54. The van der Waals surface area contributed by atoms with Crippen LogP contribution >= 0.6 is 0 Å². The monoisotopic (exact) mass is 489 g/mol. The lowest BCUT2D eigenvalue weighted by Gasteiger charge is -2.43. The van der Waals surface area contributed by atoms with Gasteiger partial charge in [0.2, 0.25) is 5.91 Å². The first-order valence-electron chi connectivity index (χ1n) is 12.5. The Morgan fingerprint density at radius 3 is 2.33 bits per heavy atom. The molecule has 0 aliphatic carbocycles. The zero-order valence-electron chi connectivity index (χ0n) is 21.1. The van der Waals surface area contributed by atoms with E-state index in [4.69, 9.17) is 0 Å². The minimum Gasteiger partial charge on any atom is -0.351 e. The third-order valence-corrected chi connectivity index (χ3v) is 7.07. The number of nitrogens with zero attached hydrogens (tertiary/aromatic N) is 3. The second-order valence-corrected chi connectivity index (χ2v) is 9.73. The number of benzene rings is 2. The van der Waals surface area contributed by atoms with Crippen molar-refractivity contribution < 1.29 is 14.4 Å². The molecule has 2 heterocycles. The van der Waals surface area contributed by atoms with Crippen LogP contribution in [-0.4, -0.2) is 66.0 Å². The summed E-state index contributed by atoms with van der Waals surface area (Å²) >= 11 is 0. The van der Waals surface area contributed by atoms with Crippen molar-refractivity contribution >= 4 is 29.2 Å². The number of carbonyl (C=O) groups excluding carboxylic acids is 3. The van der Waals surface area contributed by atoms with Gasteiger partial charge in [-0.15, -0.1) is 6.58 Å². The van der Waals surface area contributed by atoms with E-state index in [1.54, 1.807) is 15.9 Å². The molecular formula is C28H35N5O3. The SMILES string of the molecule is C=CCNC(=O)CN1CN(c2ccccc2)C2(CCN(C(=O)Nc3ccc(C(C)C)cc3)CC2)C1=O. The smallest absolute Gasteiger partial charge is 0.321 e. The summed E-state index contributed by atoms with van der Waals surface area (Å²) in [5.74, 6) is 0.148. The van der Waals surface area contributed by atoms with Gasteiger partial charge < -0.3 is 25.3 Å². The molecule has 8 heteroatoms. The fourth-order valence-electron chi connectivity index (χ4n) is 4.97. The number of rotatable bonds is 7. The van der Waals surface area contributed by atoms with E-state index in [0.717, 1.165) is 11.4 Å². The lowest BCUT2D eigenvalue weighted by molar-refractivity contribution is -0.137. The highest BCUT2D eigenvalue weighted by atomic mass is 16.2. The summed E-state index contributed by atoms with van der Waals surface area (Å²) in [6.45, 7) is 9.46. The summed E-state index contributed by atoms with van der Waals surface area (Å²) in [6.07, 6.45) is 2.59. The van der Waals surface area contributed by atoms with Gasteiger partial charge in [0.25, 0.3) is 5.91 Å². The van der Waals surface area contributed by atoms with Gasteiger partial charge >= 0.3 is 6.03 Å². The normalized spacial score (nSPS) is 17.0.